The molecular weight excluding hydrogens is 250 g/mol. The third-order valence-corrected chi connectivity index (χ3v) is 4.31. The molecule has 4 nitrogen and oxygen atoms in total. The minimum Gasteiger partial charge on any atom is -0.409 e. The smallest absolute Gasteiger partial charge is 0.141 e. The Bertz CT molecular complexity index is 427. The number of oxime groups is 1. The Morgan fingerprint density at radius 1 is 1.35 bits per heavy atom. The fraction of sp³-hybridized carbons (Fsp3) is 0.562. The van der Waals surface area contributed by atoms with E-state index in [0.717, 1.165) is 5.92 Å². The number of hydrogen-bond donors (Lipinski definition) is 3. The fourth-order valence-corrected chi connectivity index (χ4v) is 3.12. The van der Waals surface area contributed by atoms with Crippen LogP contribution in [0, 0.1) is 5.92 Å². The maximum absolute atomic E-state index is 8.81. The lowest BCUT2D eigenvalue weighted by molar-refractivity contribution is 0.312. The van der Waals surface area contributed by atoms with Crippen molar-refractivity contribution in [3.8, 4) is 0 Å². The molecule has 0 radical (unpaired) electrons. The van der Waals surface area contributed by atoms with Crippen LogP contribution in [0.25, 0.3) is 0 Å². The molecule has 1 fully saturated rings. The van der Waals surface area contributed by atoms with Crippen LogP contribution in [0.15, 0.2) is 35.5 Å². The van der Waals surface area contributed by atoms with Gasteiger partial charge in [-0.05, 0) is 31.2 Å². The molecule has 4 N–H and O–H groups in total. The van der Waals surface area contributed by atoms with Crippen molar-refractivity contribution in [3.63, 3.8) is 0 Å². The molecule has 110 valence electrons. The molecule has 0 spiro atoms. The van der Waals surface area contributed by atoms with Crippen molar-refractivity contribution in [1.29, 1.82) is 0 Å². The topological polar surface area (TPSA) is 70.6 Å². The minimum atomic E-state index is 0.0997. The maximum atomic E-state index is 8.81. The largest absolute Gasteiger partial charge is 0.409 e. The molecule has 1 aromatic carbocycles. The summed E-state index contributed by atoms with van der Waals surface area (Å²) in [6.45, 7) is 2.25. The average Bonchev–Trinajstić information content (AvgIpc) is 3.01. The van der Waals surface area contributed by atoms with E-state index < -0.39 is 0 Å². The van der Waals surface area contributed by atoms with Gasteiger partial charge in [-0.2, -0.15) is 0 Å². The fourth-order valence-electron chi connectivity index (χ4n) is 3.12. The standard InChI is InChI=1S/C16H25N3O/c1-12(13-7-5-6-8-13)18-15(11-16(17)19-20)14-9-3-2-4-10-14/h2-4,9-10,12-13,15,18,20H,5-8,11H2,1H3,(H2,17,19)/t12-,15?/m0/s1. The highest BCUT2D eigenvalue weighted by Gasteiger charge is 2.24. The van der Waals surface area contributed by atoms with Crippen LogP contribution in [0.3, 0.4) is 0 Å². The van der Waals surface area contributed by atoms with Crippen molar-refractivity contribution in [1.82, 2.24) is 5.32 Å². The number of hydrogen-bond acceptors (Lipinski definition) is 3. The van der Waals surface area contributed by atoms with Crippen LogP contribution in [0.1, 0.15) is 50.6 Å². The van der Waals surface area contributed by atoms with Crippen LogP contribution in [-0.4, -0.2) is 17.1 Å². The molecule has 0 aromatic heterocycles. The van der Waals surface area contributed by atoms with E-state index in [2.05, 4.69) is 29.5 Å². The highest BCUT2D eigenvalue weighted by Crippen LogP contribution is 2.29. The molecule has 0 saturated heterocycles. The summed E-state index contributed by atoms with van der Waals surface area (Å²) in [6.07, 6.45) is 5.82. The van der Waals surface area contributed by atoms with Crippen molar-refractivity contribution < 1.29 is 5.21 Å². The third-order valence-electron chi connectivity index (χ3n) is 4.31. The van der Waals surface area contributed by atoms with Crippen molar-refractivity contribution in [2.75, 3.05) is 0 Å². The van der Waals surface area contributed by atoms with Crippen LogP contribution in [0.5, 0.6) is 0 Å². The lowest BCUT2D eigenvalue weighted by Crippen LogP contribution is -2.37. The number of amidine groups is 1. The first-order valence-electron chi connectivity index (χ1n) is 7.48. The Morgan fingerprint density at radius 2 is 2.00 bits per heavy atom. The number of benzene rings is 1. The molecule has 4 heteroatoms. The zero-order chi connectivity index (χ0) is 14.4. The quantitative estimate of drug-likeness (QED) is 0.323. The maximum Gasteiger partial charge on any atom is 0.141 e. The second-order valence-corrected chi connectivity index (χ2v) is 5.76. The summed E-state index contributed by atoms with van der Waals surface area (Å²) in [5.74, 6) is 1.01. The van der Waals surface area contributed by atoms with E-state index in [1.807, 2.05) is 18.2 Å². The van der Waals surface area contributed by atoms with Gasteiger partial charge in [-0.3, -0.25) is 0 Å². The Balaban J connectivity index is 2.05. The molecule has 0 aliphatic heterocycles. The molecular formula is C16H25N3O. The van der Waals surface area contributed by atoms with Crippen LogP contribution < -0.4 is 11.1 Å². The van der Waals surface area contributed by atoms with E-state index in [1.165, 1.54) is 31.2 Å². The van der Waals surface area contributed by atoms with E-state index in [9.17, 15) is 0 Å². The van der Waals surface area contributed by atoms with Gasteiger partial charge in [0.05, 0.1) is 0 Å². The van der Waals surface area contributed by atoms with Gasteiger partial charge < -0.3 is 16.3 Å². The number of nitrogens with one attached hydrogen (secondary N) is 1. The summed E-state index contributed by atoms with van der Waals surface area (Å²) >= 11 is 0. The van der Waals surface area contributed by atoms with Crippen LogP contribution in [0.2, 0.25) is 0 Å². The highest BCUT2D eigenvalue weighted by atomic mass is 16.4. The molecule has 2 rings (SSSR count). The monoisotopic (exact) mass is 275 g/mol. The number of rotatable bonds is 6. The summed E-state index contributed by atoms with van der Waals surface area (Å²) < 4.78 is 0. The van der Waals surface area contributed by atoms with Gasteiger partial charge in [-0.25, -0.2) is 0 Å². The summed E-state index contributed by atoms with van der Waals surface area (Å²) in [6, 6.07) is 10.8. The van der Waals surface area contributed by atoms with Gasteiger partial charge in [-0.15, -0.1) is 0 Å². The second kappa shape index (κ2) is 7.29. The Kier molecular flexibility index (Phi) is 5.41. The van der Waals surface area contributed by atoms with E-state index >= 15 is 0 Å². The summed E-state index contributed by atoms with van der Waals surface area (Å²) in [4.78, 5) is 0. The SMILES string of the molecule is C[C@H](NC(C/C(N)=N/O)c1ccccc1)C1CCCC1. The van der Waals surface area contributed by atoms with E-state index in [4.69, 9.17) is 10.9 Å². The average molecular weight is 275 g/mol. The van der Waals surface area contributed by atoms with Gasteiger partial charge in [0.2, 0.25) is 0 Å². The van der Waals surface area contributed by atoms with E-state index in [1.54, 1.807) is 0 Å². The summed E-state index contributed by atoms with van der Waals surface area (Å²) in [5.41, 5.74) is 6.88. The second-order valence-electron chi connectivity index (χ2n) is 5.76. The van der Waals surface area contributed by atoms with Crippen LogP contribution in [-0.2, 0) is 0 Å². The zero-order valence-corrected chi connectivity index (χ0v) is 12.1. The van der Waals surface area contributed by atoms with Crippen LogP contribution in [0.4, 0.5) is 0 Å². The van der Waals surface area contributed by atoms with Crippen molar-refractivity contribution >= 4 is 5.84 Å². The third kappa shape index (κ3) is 3.97. The van der Waals surface area contributed by atoms with Gasteiger partial charge in [0.25, 0.3) is 0 Å². The summed E-state index contributed by atoms with van der Waals surface area (Å²) in [7, 11) is 0. The minimum absolute atomic E-state index is 0.0997. The molecule has 0 heterocycles. The molecule has 0 amide bonds. The zero-order valence-electron chi connectivity index (χ0n) is 12.1. The highest BCUT2D eigenvalue weighted by molar-refractivity contribution is 5.80. The first-order valence-corrected chi connectivity index (χ1v) is 7.48. The predicted molar refractivity (Wildman–Crippen MR) is 81.8 cm³/mol. The van der Waals surface area contributed by atoms with Crippen molar-refractivity contribution in [2.45, 2.75) is 51.1 Å². The number of nitrogens with two attached hydrogens (primary N) is 1. The molecule has 1 aliphatic rings. The van der Waals surface area contributed by atoms with Crippen molar-refractivity contribution in [3.05, 3.63) is 35.9 Å². The van der Waals surface area contributed by atoms with E-state index in [0.29, 0.717) is 12.5 Å². The molecule has 1 unspecified atom stereocenters. The predicted octanol–water partition coefficient (Wildman–Crippen LogP) is 3.03. The summed E-state index contributed by atoms with van der Waals surface area (Å²) in [5, 5.41) is 15.6. The van der Waals surface area contributed by atoms with Gasteiger partial charge >= 0.3 is 0 Å². The van der Waals surface area contributed by atoms with Gasteiger partial charge in [0.15, 0.2) is 0 Å². The first-order chi connectivity index (χ1) is 9.70. The molecule has 1 aromatic rings. The lowest BCUT2D eigenvalue weighted by Gasteiger charge is -2.27. The van der Waals surface area contributed by atoms with E-state index in [-0.39, 0.29) is 11.9 Å². The first kappa shape index (κ1) is 14.9. The molecule has 20 heavy (non-hydrogen) atoms. The molecule has 1 saturated carbocycles. The van der Waals surface area contributed by atoms with Gasteiger partial charge in [0.1, 0.15) is 5.84 Å². The molecule has 1 aliphatic carbocycles. The Labute approximate surface area is 121 Å². The Hall–Kier alpha value is -1.55. The van der Waals surface area contributed by atoms with Crippen molar-refractivity contribution in [2.24, 2.45) is 16.8 Å². The lowest BCUT2D eigenvalue weighted by atomic mass is 9.96. The molecule has 0 bridgehead atoms. The Morgan fingerprint density at radius 3 is 2.60 bits per heavy atom. The van der Waals surface area contributed by atoms with Gasteiger partial charge in [-0.1, -0.05) is 48.3 Å². The van der Waals surface area contributed by atoms with Gasteiger partial charge in [0, 0.05) is 18.5 Å². The molecule has 2 atom stereocenters. The number of nitrogens with zero attached hydrogens (tertiary/aromatic N) is 1. The normalized spacial score (nSPS) is 19.9. The van der Waals surface area contributed by atoms with Crippen LogP contribution >= 0.6 is 0 Å².